The number of halogens is 1. The van der Waals surface area contributed by atoms with Crippen LogP contribution in [-0.4, -0.2) is 64.1 Å². The Kier molecular flexibility index (Phi) is 7.92. The lowest BCUT2D eigenvalue weighted by Crippen LogP contribution is -2.62. The van der Waals surface area contributed by atoms with Gasteiger partial charge in [0.05, 0.1) is 17.7 Å². The molecule has 1 spiro atoms. The molecule has 0 radical (unpaired) electrons. The van der Waals surface area contributed by atoms with Crippen molar-refractivity contribution in [2.45, 2.75) is 76.9 Å². The average molecular weight is 552 g/mol. The number of aromatic nitrogens is 1. The van der Waals surface area contributed by atoms with Crippen molar-refractivity contribution in [3.8, 4) is 11.1 Å². The van der Waals surface area contributed by atoms with Crippen molar-refractivity contribution in [3.63, 3.8) is 0 Å². The molecular formula is C32H42FN3O4. The highest BCUT2D eigenvalue weighted by atomic mass is 19.1. The van der Waals surface area contributed by atoms with Gasteiger partial charge in [-0.05, 0) is 37.7 Å². The lowest BCUT2D eigenvalue weighted by atomic mass is 9.65. The van der Waals surface area contributed by atoms with Gasteiger partial charge in [-0.25, -0.2) is 4.39 Å². The van der Waals surface area contributed by atoms with Crippen molar-refractivity contribution in [3.05, 3.63) is 58.3 Å². The van der Waals surface area contributed by atoms with E-state index in [-0.39, 0.29) is 41.0 Å². The first-order valence-electron chi connectivity index (χ1n) is 14.8. The van der Waals surface area contributed by atoms with Crippen LogP contribution in [0.4, 0.5) is 4.39 Å². The second-order valence-electron chi connectivity index (χ2n) is 12.7. The Bertz CT molecular complexity index is 1330. The van der Waals surface area contributed by atoms with Gasteiger partial charge >= 0.3 is 0 Å². The van der Waals surface area contributed by atoms with E-state index in [2.05, 4.69) is 0 Å². The molecule has 1 aromatic heterocycles. The fourth-order valence-electron chi connectivity index (χ4n) is 7.22. The van der Waals surface area contributed by atoms with E-state index in [9.17, 15) is 23.9 Å². The molecule has 8 heteroatoms. The van der Waals surface area contributed by atoms with E-state index < -0.39 is 22.4 Å². The Hall–Kier alpha value is -3.00. The van der Waals surface area contributed by atoms with Crippen molar-refractivity contribution in [2.75, 3.05) is 27.2 Å². The monoisotopic (exact) mass is 551 g/mol. The molecule has 7 nitrogen and oxygen atoms in total. The molecule has 3 aliphatic rings. The van der Waals surface area contributed by atoms with E-state index in [0.29, 0.717) is 25.4 Å². The normalized spacial score (nSPS) is 23.2. The molecule has 2 saturated carbocycles. The number of aliphatic hydroxyl groups is 1. The number of rotatable bonds is 7. The van der Waals surface area contributed by atoms with Crippen molar-refractivity contribution in [2.24, 2.45) is 17.3 Å². The molecule has 2 aliphatic carbocycles. The molecule has 5 rings (SSSR count). The van der Waals surface area contributed by atoms with Crippen LogP contribution >= 0.6 is 0 Å². The molecule has 2 unspecified atom stereocenters. The van der Waals surface area contributed by atoms with E-state index in [1.54, 1.807) is 32.3 Å². The SMILES string of the molecule is CC(CC1CCC1)C(=O)N1CCC(O)(Cn2cc(C(=O)N(C)C)c(-c3ccccc3F)cc2=O)C2(CCCC2)C1. The molecule has 216 valence electrons. The zero-order valence-corrected chi connectivity index (χ0v) is 24.0. The lowest BCUT2D eigenvalue weighted by molar-refractivity contribution is -0.163. The smallest absolute Gasteiger partial charge is 0.255 e. The number of likely N-dealkylation sites (tertiary alicyclic amines) is 1. The van der Waals surface area contributed by atoms with Crippen LogP contribution in [0.2, 0.25) is 0 Å². The molecule has 1 saturated heterocycles. The second kappa shape index (κ2) is 11.1. The van der Waals surface area contributed by atoms with Crippen LogP contribution in [0.3, 0.4) is 0 Å². The fraction of sp³-hybridized carbons (Fsp3) is 0.594. The van der Waals surface area contributed by atoms with Crippen molar-refractivity contribution in [1.29, 1.82) is 0 Å². The van der Waals surface area contributed by atoms with Gasteiger partial charge in [0.1, 0.15) is 5.82 Å². The molecule has 1 aromatic carbocycles. The maximum atomic E-state index is 14.7. The minimum Gasteiger partial charge on any atom is -0.387 e. The summed E-state index contributed by atoms with van der Waals surface area (Å²) < 4.78 is 16.1. The lowest BCUT2D eigenvalue weighted by Gasteiger charge is -2.53. The maximum Gasteiger partial charge on any atom is 0.255 e. The molecule has 2 heterocycles. The molecular weight excluding hydrogens is 509 g/mol. The van der Waals surface area contributed by atoms with Gasteiger partial charge in [-0.2, -0.15) is 0 Å². The first-order valence-corrected chi connectivity index (χ1v) is 14.8. The predicted octanol–water partition coefficient (Wildman–Crippen LogP) is 4.71. The Balaban J connectivity index is 1.45. The van der Waals surface area contributed by atoms with E-state index in [1.807, 2.05) is 11.8 Å². The van der Waals surface area contributed by atoms with Crippen LogP contribution in [0.5, 0.6) is 0 Å². The van der Waals surface area contributed by atoms with Gasteiger partial charge in [0.25, 0.3) is 11.5 Å². The number of nitrogens with zero attached hydrogens (tertiary/aromatic N) is 3. The summed E-state index contributed by atoms with van der Waals surface area (Å²) in [6.07, 6.45) is 9.96. The zero-order chi connectivity index (χ0) is 28.7. The van der Waals surface area contributed by atoms with Crippen LogP contribution in [-0.2, 0) is 11.3 Å². The quantitative estimate of drug-likeness (QED) is 0.541. The summed E-state index contributed by atoms with van der Waals surface area (Å²) in [5.41, 5.74) is -1.49. The Morgan fingerprint density at radius 3 is 2.42 bits per heavy atom. The van der Waals surface area contributed by atoms with Crippen LogP contribution in [0, 0.1) is 23.1 Å². The number of benzene rings is 1. The predicted molar refractivity (Wildman–Crippen MR) is 152 cm³/mol. The average Bonchev–Trinajstić information content (AvgIpc) is 3.38. The summed E-state index contributed by atoms with van der Waals surface area (Å²) >= 11 is 0. The summed E-state index contributed by atoms with van der Waals surface area (Å²) in [5, 5.41) is 12.2. The van der Waals surface area contributed by atoms with Crippen LogP contribution in [0.25, 0.3) is 11.1 Å². The van der Waals surface area contributed by atoms with Crippen LogP contribution in [0.1, 0.15) is 75.1 Å². The van der Waals surface area contributed by atoms with E-state index >= 15 is 0 Å². The highest BCUT2D eigenvalue weighted by molar-refractivity contribution is 6.00. The van der Waals surface area contributed by atoms with Gasteiger partial charge in [0, 0.05) is 61.9 Å². The van der Waals surface area contributed by atoms with Crippen LogP contribution < -0.4 is 5.56 Å². The molecule has 1 N–H and O–H groups in total. The highest BCUT2D eigenvalue weighted by Gasteiger charge is 2.55. The molecule has 2 amide bonds. The largest absolute Gasteiger partial charge is 0.387 e. The Labute approximate surface area is 236 Å². The Morgan fingerprint density at radius 2 is 1.80 bits per heavy atom. The summed E-state index contributed by atoms with van der Waals surface area (Å²) in [4.78, 5) is 43.4. The standard InChI is InChI=1S/C32H42FN3O4/c1-22(17-23-9-8-10-23)29(38)35-16-15-32(40,31(20-35)13-6-7-14-31)21-36-19-26(30(39)34(2)3)25(18-28(36)37)24-11-4-5-12-27(24)33/h4-5,11-12,18-19,22-23,40H,6-10,13-17,20-21H2,1-3H3. The van der Waals surface area contributed by atoms with Crippen molar-refractivity contribution >= 4 is 11.8 Å². The molecule has 2 atom stereocenters. The number of amides is 2. The third-order valence-electron chi connectivity index (χ3n) is 9.84. The third-order valence-corrected chi connectivity index (χ3v) is 9.84. The van der Waals surface area contributed by atoms with Gasteiger partial charge in [-0.1, -0.05) is 57.2 Å². The van der Waals surface area contributed by atoms with Gasteiger partial charge in [-0.3, -0.25) is 14.4 Å². The first-order chi connectivity index (χ1) is 19.0. The number of carbonyl (C=O) groups excluding carboxylic acids is 2. The first kappa shape index (κ1) is 28.5. The summed E-state index contributed by atoms with van der Waals surface area (Å²) in [7, 11) is 3.23. The number of hydrogen-bond donors (Lipinski definition) is 1. The van der Waals surface area contributed by atoms with Crippen molar-refractivity contribution in [1.82, 2.24) is 14.4 Å². The minimum absolute atomic E-state index is 0.0246. The van der Waals surface area contributed by atoms with E-state index in [4.69, 9.17) is 0 Å². The number of hydrogen-bond acceptors (Lipinski definition) is 4. The molecule has 2 aromatic rings. The van der Waals surface area contributed by atoms with Gasteiger partial charge in [0.2, 0.25) is 5.91 Å². The van der Waals surface area contributed by atoms with E-state index in [1.165, 1.54) is 47.1 Å². The summed E-state index contributed by atoms with van der Waals surface area (Å²) in [6.45, 7) is 2.99. The molecule has 1 aliphatic heterocycles. The van der Waals surface area contributed by atoms with E-state index in [0.717, 1.165) is 32.1 Å². The third kappa shape index (κ3) is 5.22. The van der Waals surface area contributed by atoms with Gasteiger partial charge in [-0.15, -0.1) is 0 Å². The van der Waals surface area contributed by atoms with Gasteiger partial charge in [0.15, 0.2) is 0 Å². The topological polar surface area (TPSA) is 82.8 Å². The molecule has 40 heavy (non-hydrogen) atoms. The van der Waals surface area contributed by atoms with Crippen LogP contribution in [0.15, 0.2) is 41.3 Å². The number of piperidine rings is 1. The minimum atomic E-state index is -1.21. The molecule has 3 fully saturated rings. The summed E-state index contributed by atoms with van der Waals surface area (Å²) in [6, 6.07) is 7.40. The Morgan fingerprint density at radius 1 is 1.10 bits per heavy atom. The zero-order valence-electron chi connectivity index (χ0n) is 24.0. The number of carbonyl (C=O) groups is 2. The summed E-state index contributed by atoms with van der Waals surface area (Å²) in [5.74, 6) is -0.0667. The fourth-order valence-corrected chi connectivity index (χ4v) is 7.22. The highest BCUT2D eigenvalue weighted by Crippen LogP contribution is 2.52. The van der Waals surface area contributed by atoms with Gasteiger partial charge < -0.3 is 19.5 Å². The van der Waals surface area contributed by atoms with Crippen molar-refractivity contribution < 1.29 is 19.1 Å². The molecule has 0 bridgehead atoms. The maximum absolute atomic E-state index is 14.7. The second-order valence-corrected chi connectivity index (χ2v) is 12.7. The number of pyridine rings is 1.